The van der Waals surface area contributed by atoms with Crippen LogP contribution in [0.15, 0.2) is 0 Å². The second-order valence-corrected chi connectivity index (χ2v) is 4.61. The first-order chi connectivity index (χ1) is 7.06. The van der Waals surface area contributed by atoms with Gasteiger partial charge in [0.1, 0.15) is 0 Å². The van der Waals surface area contributed by atoms with Crippen molar-refractivity contribution < 1.29 is 19.7 Å². The maximum Gasteiger partial charge on any atom is 0.242 e. The second-order valence-electron chi connectivity index (χ2n) is 3.37. The molecular formula is C8H14N2O4S. The monoisotopic (exact) mass is 234 g/mol. The lowest BCUT2D eigenvalue weighted by Crippen LogP contribution is -2.31. The van der Waals surface area contributed by atoms with Gasteiger partial charge >= 0.3 is 0 Å². The minimum atomic E-state index is -0.341. The summed E-state index contributed by atoms with van der Waals surface area (Å²) in [5, 5.41) is 7.81. The van der Waals surface area contributed by atoms with Gasteiger partial charge in [0.2, 0.25) is 11.8 Å². The van der Waals surface area contributed by atoms with E-state index >= 15 is 0 Å². The van der Waals surface area contributed by atoms with E-state index in [4.69, 9.17) is 11.0 Å². The van der Waals surface area contributed by atoms with Crippen molar-refractivity contribution in [2.45, 2.75) is 17.7 Å². The van der Waals surface area contributed by atoms with Crippen LogP contribution in [-0.4, -0.2) is 52.7 Å². The number of amides is 2. The van der Waals surface area contributed by atoms with Gasteiger partial charge in [-0.3, -0.25) is 19.7 Å². The minimum absolute atomic E-state index is 0.0255. The summed E-state index contributed by atoms with van der Waals surface area (Å²) in [4.78, 5) is 27.6. The van der Waals surface area contributed by atoms with E-state index in [0.717, 1.165) is 4.90 Å². The van der Waals surface area contributed by atoms with Crippen molar-refractivity contribution in [1.82, 2.24) is 4.90 Å². The normalized spacial score (nSPS) is 23.7. The molecule has 0 spiro atoms. The van der Waals surface area contributed by atoms with E-state index < -0.39 is 0 Å². The van der Waals surface area contributed by atoms with Gasteiger partial charge in [-0.2, -0.15) is 0 Å². The zero-order valence-electron chi connectivity index (χ0n) is 8.38. The highest BCUT2D eigenvalue weighted by molar-refractivity contribution is 8.00. The highest BCUT2D eigenvalue weighted by atomic mass is 32.2. The van der Waals surface area contributed by atoms with Crippen molar-refractivity contribution in [3.63, 3.8) is 0 Å². The maximum atomic E-state index is 11.4. The van der Waals surface area contributed by atoms with Crippen LogP contribution < -0.4 is 5.73 Å². The molecule has 0 aromatic heterocycles. The van der Waals surface area contributed by atoms with Crippen molar-refractivity contribution in [2.24, 2.45) is 5.73 Å². The number of nitrogens with zero attached hydrogens (tertiary/aromatic N) is 1. The predicted octanol–water partition coefficient (Wildman–Crippen LogP) is -0.706. The minimum Gasteiger partial charge on any atom is -0.325 e. The van der Waals surface area contributed by atoms with Gasteiger partial charge < -0.3 is 5.73 Å². The second kappa shape index (κ2) is 5.45. The van der Waals surface area contributed by atoms with Gasteiger partial charge in [0.15, 0.2) is 0 Å². The summed E-state index contributed by atoms with van der Waals surface area (Å²) in [6, 6.07) is -0.339. The molecule has 1 saturated heterocycles. The summed E-state index contributed by atoms with van der Waals surface area (Å²) in [5.74, 6) is 0.129. The van der Waals surface area contributed by atoms with Gasteiger partial charge in [0, 0.05) is 25.3 Å². The Balaban J connectivity index is 2.34. The van der Waals surface area contributed by atoms with Crippen LogP contribution in [0.1, 0.15) is 6.42 Å². The first-order valence-corrected chi connectivity index (χ1v) is 5.55. The van der Waals surface area contributed by atoms with Crippen LogP contribution >= 0.6 is 11.8 Å². The molecule has 0 aliphatic carbocycles. The molecule has 1 fully saturated rings. The molecule has 0 bridgehead atoms. The zero-order chi connectivity index (χ0) is 11.4. The van der Waals surface area contributed by atoms with Crippen LogP contribution in [0.25, 0.3) is 0 Å². The molecule has 1 rings (SSSR count). The summed E-state index contributed by atoms with van der Waals surface area (Å²) in [6.45, 7) is 0.0255. The van der Waals surface area contributed by atoms with E-state index in [0.29, 0.717) is 5.75 Å². The number of likely N-dealkylation sites (tertiary alicyclic amines) is 1. The molecule has 1 aliphatic rings. The number of hydrogen-bond acceptors (Lipinski definition) is 6. The lowest BCUT2D eigenvalue weighted by molar-refractivity contribution is -0.244. The number of thioether (sulfide) groups is 1. The van der Waals surface area contributed by atoms with Crippen LogP contribution in [0.5, 0.6) is 0 Å². The number of carbonyl (C=O) groups excluding carboxylic acids is 2. The van der Waals surface area contributed by atoms with E-state index in [2.05, 4.69) is 4.89 Å². The quantitative estimate of drug-likeness (QED) is 0.371. The lowest BCUT2D eigenvalue weighted by Gasteiger charge is -2.11. The Morgan fingerprint density at radius 3 is 2.87 bits per heavy atom. The molecule has 2 atom stereocenters. The molecule has 86 valence electrons. The summed E-state index contributed by atoms with van der Waals surface area (Å²) in [7, 11) is 1.47. The van der Waals surface area contributed by atoms with Crippen molar-refractivity contribution in [3.05, 3.63) is 0 Å². The molecule has 0 aromatic carbocycles. The number of rotatable bonds is 5. The average Bonchev–Trinajstić information content (AvgIpc) is 2.43. The number of carbonyl (C=O) groups is 2. The topological polar surface area (TPSA) is 92.9 Å². The molecule has 15 heavy (non-hydrogen) atoms. The van der Waals surface area contributed by atoms with Gasteiger partial charge in [0.05, 0.1) is 11.9 Å². The van der Waals surface area contributed by atoms with E-state index in [1.54, 1.807) is 0 Å². The first-order valence-electron chi connectivity index (χ1n) is 4.50. The van der Waals surface area contributed by atoms with Crippen molar-refractivity contribution in [2.75, 3.05) is 19.4 Å². The Kier molecular flexibility index (Phi) is 4.52. The molecule has 1 heterocycles. The van der Waals surface area contributed by atoms with Crippen LogP contribution in [0.2, 0.25) is 0 Å². The standard InChI is InChI=1S/C8H14N2O4S/c1-10-7(11)2-6(8(10)12)15-4-5(9)3-14-13/h5-6,13H,2-4,9H2,1H3/t5-,6?/m1/s1. The molecule has 7 heteroatoms. The first kappa shape index (κ1) is 12.4. The van der Waals surface area contributed by atoms with Crippen molar-refractivity contribution >= 4 is 23.6 Å². The average molecular weight is 234 g/mol. The highest BCUT2D eigenvalue weighted by Crippen LogP contribution is 2.24. The molecule has 0 radical (unpaired) electrons. The number of hydrogen-bond donors (Lipinski definition) is 2. The van der Waals surface area contributed by atoms with Gasteiger partial charge in [-0.15, -0.1) is 11.8 Å². The van der Waals surface area contributed by atoms with Crippen LogP contribution in [0.4, 0.5) is 0 Å². The van der Waals surface area contributed by atoms with Crippen molar-refractivity contribution in [3.8, 4) is 0 Å². The molecule has 6 nitrogen and oxygen atoms in total. The van der Waals surface area contributed by atoms with E-state index in [9.17, 15) is 9.59 Å². The van der Waals surface area contributed by atoms with Crippen LogP contribution in [0, 0.1) is 0 Å². The maximum absolute atomic E-state index is 11.4. The largest absolute Gasteiger partial charge is 0.325 e. The Morgan fingerprint density at radius 2 is 2.40 bits per heavy atom. The van der Waals surface area contributed by atoms with Crippen LogP contribution in [0.3, 0.4) is 0 Å². The number of imide groups is 1. The third-order valence-electron chi connectivity index (χ3n) is 2.14. The summed E-state index contributed by atoms with van der Waals surface area (Å²) in [6.07, 6.45) is 0.229. The smallest absolute Gasteiger partial charge is 0.242 e. The SMILES string of the molecule is CN1C(=O)CC(SC[C@H](N)COO)C1=O. The fourth-order valence-electron chi connectivity index (χ4n) is 1.24. The fraction of sp³-hybridized carbons (Fsp3) is 0.750. The molecule has 3 N–H and O–H groups in total. The predicted molar refractivity (Wildman–Crippen MR) is 55.2 cm³/mol. The van der Waals surface area contributed by atoms with Gasteiger partial charge in [-0.25, -0.2) is 4.89 Å². The fourth-order valence-corrected chi connectivity index (χ4v) is 2.37. The Morgan fingerprint density at radius 1 is 1.73 bits per heavy atom. The molecule has 1 aliphatic heterocycles. The van der Waals surface area contributed by atoms with Gasteiger partial charge in [-0.05, 0) is 0 Å². The Bertz CT molecular complexity index is 261. The third-order valence-corrected chi connectivity index (χ3v) is 3.53. The summed E-state index contributed by atoms with van der Waals surface area (Å²) < 4.78 is 0. The molecular weight excluding hydrogens is 220 g/mol. The summed E-state index contributed by atoms with van der Waals surface area (Å²) >= 11 is 1.32. The van der Waals surface area contributed by atoms with E-state index in [1.807, 2.05) is 0 Å². The van der Waals surface area contributed by atoms with Crippen molar-refractivity contribution in [1.29, 1.82) is 0 Å². The molecule has 0 saturated carbocycles. The third kappa shape index (κ3) is 3.16. The van der Waals surface area contributed by atoms with Gasteiger partial charge in [-0.1, -0.05) is 0 Å². The molecule has 2 amide bonds. The number of nitrogens with two attached hydrogens (primary N) is 1. The molecule has 1 unspecified atom stereocenters. The zero-order valence-corrected chi connectivity index (χ0v) is 9.20. The lowest BCUT2D eigenvalue weighted by atomic mass is 10.3. The highest BCUT2D eigenvalue weighted by Gasteiger charge is 2.36. The Hall–Kier alpha value is -0.630. The van der Waals surface area contributed by atoms with E-state index in [1.165, 1.54) is 18.8 Å². The molecule has 0 aromatic rings. The van der Waals surface area contributed by atoms with E-state index in [-0.39, 0.29) is 36.1 Å². The Labute approximate surface area is 91.7 Å². The van der Waals surface area contributed by atoms with Gasteiger partial charge in [0.25, 0.3) is 0 Å². The van der Waals surface area contributed by atoms with Crippen LogP contribution in [-0.2, 0) is 14.5 Å². The summed E-state index contributed by atoms with van der Waals surface area (Å²) in [5.41, 5.74) is 5.56.